The molecular formula is C21H26N2OS. The Hall–Kier alpha value is -1.49. The number of fused-ring (bicyclic) bond motifs is 2. The van der Waals surface area contributed by atoms with Crippen molar-refractivity contribution < 1.29 is 5.11 Å². The van der Waals surface area contributed by atoms with Gasteiger partial charge < -0.3 is 14.9 Å². The van der Waals surface area contributed by atoms with Gasteiger partial charge in [-0.1, -0.05) is 48.9 Å². The summed E-state index contributed by atoms with van der Waals surface area (Å²) in [7, 11) is 0. The zero-order chi connectivity index (χ0) is 17.1. The highest BCUT2D eigenvalue weighted by Gasteiger charge is 2.25. The van der Waals surface area contributed by atoms with Crippen molar-refractivity contribution in [2.45, 2.75) is 41.6 Å². The molecule has 0 spiro atoms. The van der Waals surface area contributed by atoms with Gasteiger partial charge in [0.15, 0.2) is 0 Å². The van der Waals surface area contributed by atoms with Gasteiger partial charge in [-0.3, -0.25) is 0 Å². The first-order valence-corrected chi connectivity index (χ1v) is 10.2. The molecule has 0 unspecified atom stereocenters. The van der Waals surface area contributed by atoms with Crippen molar-refractivity contribution in [1.82, 2.24) is 4.90 Å². The molecule has 1 saturated heterocycles. The van der Waals surface area contributed by atoms with Crippen molar-refractivity contribution in [1.29, 1.82) is 0 Å². The molecule has 0 radical (unpaired) electrons. The highest BCUT2D eigenvalue weighted by Crippen LogP contribution is 2.47. The van der Waals surface area contributed by atoms with Crippen LogP contribution in [0, 0.1) is 0 Å². The van der Waals surface area contributed by atoms with E-state index < -0.39 is 0 Å². The lowest BCUT2D eigenvalue weighted by Gasteiger charge is -2.35. The predicted octanol–water partition coefficient (Wildman–Crippen LogP) is 4.53. The molecule has 0 aromatic heterocycles. The number of nitrogens with zero attached hydrogens (tertiary/aromatic N) is 2. The normalized spacial score (nSPS) is 19.0. The van der Waals surface area contributed by atoms with E-state index in [1.807, 2.05) is 11.8 Å². The van der Waals surface area contributed by atoms with Crippen LogP contribution in [-0.4, -0.2) is 42.3 Å². The second kappa shape index (κ2) is 7.81. The van der Waals surface area contributed by atoms with Gasteiger partial charge in [0.1, 0.15) is 0 Å². The minimum absolute atomic E-state index is 0.345. The van der Waals surface area contributed by atoms with E-state index in [1.54, 1.807) is 0 Å². The monoisotopic (exact) mass is 354 g/mol. The van der Waals surface area contributed by atoms with E-state index in [1.165, 1.54) is 46.8 Å². The summed E-state index contributed by atoms with van der Waals surface area (Å²) in [6.45, 7) is 3.67. The largest absolute Gasteiger partial charge is 0.390 e. The van der Waals surface area contributed by atoms with Crippen LogP contribution >= 0.6 is 11.8 Å². The second-order valence-corrected chi connectivity index (χ2v) is 8.10. The summed E-state index contributed by atoms with van der Waals surface area (Å²) >= 11 is 1.82. The molecule has 2 heterocycles. The Morgan fingerprint density at radius 1 is 0.800 bits per heavy atom. The molecule has 4 heteroatoms. The second-order valence-electron chi connectivity index (χ2n) is 7.02. The van der Waals surface area contributed by atoms with Crippen molar-refractivity contribution in [2.24, 2.45) is 0 Å². The van der Waals surface area contributed by atoms with Gasteiger partial charge in [0.25, 0.3) is 0 Å². The van der Waals surface area contributed by atoms with Gasteiger partial charge in [-0.25, -0.2) is 0 Å². The summed E-state index contributed by atoms with van der Waals surface area (Å²) in [6.07, 6.45) is 4.84. The van der Waals surface area contributed by atoms with Gasteiger partial charge in [-0.05, 0) is 50.2 Å². The maximum Gasteiger partial charge on any atom is 0.0845 e. The molecular weight excluding hydrogens is 328 g/mol. The Kier molecular flexibility index (Phi) is 5.30. The van der Waals surface area contributed by atoms with E-state index >= 15 is 0 Å². The van der Waals surface area contributed by atoms with Crippen LogP contribution in [0.3, 0.4) is 0 Å². The van der Waals surface area contributed by atoms with E-state index in [4.69, 9.17) is 0 Å². The number of likely N-dealkylation sites (tertiary alicyclic amines) is 1. The minimum atomic E-state index is -0.345. The molecule has 0 aliphatic carbocycles. The molecule has 0 saturated carbocycles. The number of para-hydroxylation sites is 2. The van der Waals surface area contributed by atoms with E-state index in [-0.39, 0.29) is 6.10 Å². The zero-order valence-corrected chi connectivity index (χ0v) is 15.4. The zero-order valence-electron chi connectivity index (χ0n) is 14.6. The average molecular weight is 355 g/mol. The Morgan fingerprint density at radius 3 is 1.96 bits per heavy atom. The Morgan fingerprint density at radius 2 is 1.36 bits per heavy atom. The van der Waals surface area contributed by atoms with E-state index in [0.717, 1.165) is 19.6 Å². The molecule has 2 aliphatic rings. The van der Waals surface area contributed by atoms with Gasteiger partial charge in [0, 0.05) is 16.3 Å². The van der Waals surface area contributed by atoms with Crippen LogP contribution in [0.25, 0.3) is 0 Å². The third kappa shape index (κ3) is 3.86. The quantitative estimate of drug-likeness (QED) is 0.873. The van der Waals surface area contributed by atoms with Crippen LogP contribution in [0.2, 0.25) is 0 Å². The van der Waals surface area contributed by atoms with Crippen molar-refractivity contribution in [2.75, 3.05) is 31.1 Å². The molecule has 1 N–H and O–H groups in total. The van der Waals surface area contributed by atoms with Crippen LogP contribution in [-0.2, 0) is 0 Å². The highest BCUT2D eigenvalue weighted by molar-refractivity contribution is 7.99. The smallest absolute Gasteiger partial charge is 0.0845 e. The number of β-amino-alcohol motifs (C(OH)–C–C–N with tert-alkyl or cyclic N) is 1. The number of aliphatic hydroxyl groups excluding tert-OH is 1. The van der Waals surface area contributed by atoms with Gasteiger partial charge in [0.2, 0.25) is 0 Å². The molecule has 132 valence electrons. The van der Waals surface area contributed by atoms with Gasteiger partial charge >= 0.3 is 0 Å². The number of hydrogen-bond donors (Lipinski definition) is 1. The molecule has 25 heavy (non-hydrogen) atoms. The summed E-state index contributed by atoms with van der Waals surface area (Å²) in [5, 5.41) is 10.8. The van der Waals surface area contributed by atoms with Crippen molar-refractivity contribution >= 4 is 23.1 Å². The first-order chi connectivity index (χ1) is 12.3. The maximum atomic E-state index is 10.8. The lowest BCUT2D eigenvalue weighted by molar-refractivity contribution is 0.120. The highest BCUT2D eigenvalue weighted by atomic mass is 32.2. The maximum absolute atomic E-state index is 10.8. The standard InChI is InChI=1S/C21H26N2OS/c24-17(15-22-13-7-1-2-8-14-22)16-23-18-9-3-5-11-20(18)25-21-12-6-4-10-19(21)23/h3-6,9-12,17,24H,1-2,7-8,13-16H2/t17-/m1/s1. The fourth-order valence-electron chi connectivity index (χ4n) is 3.86. The van der Waals surface area contributed by atoms with E-state index in [0.29, 0.717) is 6.54 Å². The van der Waals surface area contributed by atoms with Gasteiger partial charge in [0.05, 0.1) is 24.0 Å². The summed E-state index contributed by atoms with van der Waals surface area (Å²) in [4.78, 5) is 7.27. The van der Waals surface area contributed by atoms with Crippen LogP contribution < -0.4 is 4.90 Å². The summed E-state index contributed by atoms with van der Waals surface area (Å²) in [6, 6.07) is 17.0. The fourth-order valence-corrected chi connectivity index (χ4v) is 4.96. The van der Waals surface area contributed by atoms with Crippen molar-refractivity contribution in [3.8, 4) is 0 Å². The first kappa shape index (κ1) is 17.0. The Balaban J connectivity index is 1.53. The third-order valence-electron chi connectivity index (χ3n) is 5.09. The van der Waals surface area contributed by atoms with Crippen LogP contribution in [0.1, 0.15) is 25.7 Å². The van der Waals surface area contributed by atoms with Gasteiger partial charge in [-0.15, -0.1) is 0 Å². The summed E-state index contributed by atoms with van der Waals surface area (Å²) < 4.78 is 0. The number of hydrogen-bond acceptors (Lipinski definition) is 4. The molecule has 1 atom stereocenters. The minimum Gasteiger partial charge on any atom is -0.390 e. The van der Waals surface area contributed by atoms with Crippen molar-refractivity contribution in [3.63, 3.8) is 0 Å². The van der Waals surface area contributed by atoms with Crippen LogP contribution in [0.15, 0.2) is 58.3 Å². The molecule has 3 nitrogen and oxygen atoms in total. The molecule has 0 amide bonds. The Bertz CT molecular complexity index is 667. The lowest BCUT2D eigenvalue weighted by Crippen LogP contribution is -2.40. The van der Waals surface area contributed by atoms with E-state index in [2.05, 4.69) is 58.3 Å². The molecule has 0 bridgehead atoms. The molecule has 4 rings (SSSR count). The predicted molar refractivity (Wildman–Crippen MR) is 105 cm³/mol. The number of rotatable bonds is 4. The van der Waals surface area contributed by atoms with Crippen LogP contribution in [0.5, 0.6) is 0 Å². The number of benzene rings is 2. The molecule has 2 aromatic carbocycles. The first-order valence-electron chi connectivity index (χ1n) is 9.35. The number of anilines is 2. The average Bonchev–Trinajstić information content (AvgIpc) is 2.90. The number of aliphatic hydroxyl groups is 1. The SMILES string of the molecule is O[C@H](CN1CCCCCC1)CN1c2ccccc2Sc2ccccc21. The van der Waals surface area contributed by atoms with E-state index in [9.17, 15) is 5.11 Å². The molecule has 2 aliphatic heterocycles. The molecule has 2 aromatic rings. The van der Waals surface area contributed by atoms with Gasteiger partial charge in [-0.2, -0.15) is 0 Å². The van der Waals surface area contributed by atoms with Crippen molar-refractivity contribution in [3.05, 3.63) is 48.5 Å². The summed E-state index contributed by atoms with van der Waals surface area (Å²) in [5.41, 5.74) is 2.42. The van der Waals surface area contributed by atoms with Crippen LogP contribution in [0.4, 0.5) is 11.4 Å². The summed E-state index contributed by atoms with van der Waals surface area (Å²) in [5.74, 6) is 0. The fraction of sp³-hybridized carbons (Fsp3) is 0.429. The third-order valence-corrected chi connectivity index (χ3v) is 6.22. The topological polar surface area (TPSA) is 26.7 Å². The Labute approximate surface area is 154 Å². The lowest BCUT2D eigenvalue weighted by atomic mass is 10.2. The molecule has 1 fully saturated rings.